The Bertz CT molecular complexity index is 813. The van der Waals surface area contributed by atoms with Gasteiger partial charge in [0.1, 0.15) is 5.75 Å². The zero-order valence-corrected chi connectivity index (χ0v) is 15.1. The molecule has 0 atom stereocenters. The van der Waals surface area contributed by atoms with E-state index in [9.17, 15) is 9.59 Å². The summed E-state index contributed by atoms with van der Waals surface area (Å²) in [4.78, 5) is 23.6. The molecule has 0 saturated heterocycles. The van der Waals surface area contributed by atoms with Crippen molar-refractivity contribution in [3.63, 3.8) is 0 Å². The van der Waals surface area contributed by atoms with Crippen molar-refractivity contribution in [3.05, 3.63) is 58.1 Å². The molecule has 0 bridgehead atoms. The number of aryl methyl sites for hydroxylation is 1. The second-order valence-corrected chi connectivity index (χ2v) is 6.12. The van der Waals surface area contributed by atoms with Gasteiger partial charge in [-0.3, -0.25) is 9.59 Å². The Morgan fingerprint density at radius 2 is 1.88 bits per heavy atom. The molecule has 0 radical (unpaired) electrons. The van der Waals surface area contributed by atoms with E-state index in [1.807, 2.05) is 25.1 Å². The number of benzene rings is 2. The van der Waals surface area contributed by atoms with Crippen LogP contribution in [0.1, 0.15) is 11.1 Å². The summed E-state index contributed by atoms with van der Waals surface area (Å²) in [7, 11) is 0. The number of carbonyl (C=O) groups is 2. The highest BCUT2D eigenvalue weighted by molar-refractivity contribution is 9.10. The van der Waals surface area contributed by atoms with Gasteiger partial charge in [0.15, 0.2) is 6.61 Å². The third kappa shape index (κ3) is 5.94. The van der Waals surface area contributed by atoms with Gasteiger partial charge in [-0.25, -0.2) is 0 Å². The summed E-state index contributed by atoms with van der Waals surface area (Å²) in [5.74, 6) is -0.256. The van der Waals surface area contributed by atoms with E-state index in [1.165, 1.54) is 0 Å². The van der Waals surface area contributed by atoms with E-state index in [0.717, 1.165) is 10.0 Å². The number of halogens is 1. The second kappa shape index (κ2) is 8.85. The first kappa shape index (κ1) is 18.5. The fraction of sp³-hybridized carbons (Fsp3) is 0.167. The Kier molecular flexibility index (Phi) is 6.54. The van der Waals surface area contributed by atoms with Gasteiger partial charge >= 0.3 is 0 Å². The van der Waals surface area contributed by atoms with Crippen LogP contribution in [0.3, 0.4) is 0 Å². The lowest BCUT2D eigenvalue weighted by Gasteiger charge is -2.10. The highest BCUT2D eigenvalue weighted by Gasteiger charge is 2.08. The van der Waals surface area contributed by atoms with Crippen LogP contribution in [0.25, 0.3) is 0 Å². The van der Waals surface area contributed by atoms with Crippen LogP contribution in [-0.2, 0) is 9.59 Å². The maximum Gasteiger partial charge on any atom is 0.258 e. The fourth-order valence-corrected chi connectivity index (χ4v) is 2.44. The number of ether oxygens (including phenoxy) is 1. The molecule has 25 heavy (non-hydrogen) atoms. The number of hydrogen-bond donors (Lipinski definition) is 2. The van der Waals surface area contributed by atoms with Crippen LogP contribution in [0.5, 0.6) is 5.75 Å². The lowest BCUT2D eigenvalue weighted by molar-refractivity contribution is -0.125. The SMILES string of the molecule is Cc1cc(Br)ccc1NC(=O)CNC(=O)COc1ccc(C#N)cc1. The molecule has 0 saturated carbocycles. The molecule has 2 rings (SSSR count). The summed E-state index contributed by atoms with van der Waals surface area (Å²) in [6.07, 6.45) is 0. The largest absolute Gasteiger partial charge is 0.484 e. The predicted molar refractivity (Wildman–Crippen MR) is 97.2 cm³/mol. The van der Waals surface area contributed by atoms with Crippen LogP contribution in [0.15, 0.2) is 46.9 Å². The van der Waals surface area contributed by atoms with Crippen molar-refractivity contribution in [1.29, 1.82) is 5.26 Å². The summed E-state index contributed by atoms with van der Waals surface area (Å²) in [5.41, 5.74) is 2.12. The van der Waals surface area contributed by atoms with E-state index < -0.39 is 5.91 Å². The van der Waals surface area contributed by atoms with E-state index in [2.05, 4.69) is 26.6 Å². The highest BCUT2D eigenvalue weighted by atomic mass is 79.9. The van der Waals surface area contributed by atoms with Crippen LogP contribution in [0.4, 0.5) is 5.69 Å². The molecule has 0 aliphatic carbocycles. The summed E-state index contributed by atoms with van der Waals surface area (Å²) in [6.45, 7) is 1.52. The molecule has 0 unspecified atom stereocenters. The van der Waals surface area contributed by atoms with Gasteiger partial charge in [-0.2, -0.15) is 5.26 Å². The first-order valence-corrected chi connectivity index (χ1v) is 8.23. The lowest BCUT2D eigenvalue weighted by atomic mass is 10.2. The number of nitriles is 1. The van der Waals surface area contributed by atoms with E-state index in [0.29, 0.717) is 17.0 Å². The number of nitrogens with zero attached hydrogens (tertiary/aromatic N) is 1. The standard InChI is InChI=1S/C18H16BrN3O3/c1-12-8-14(19)4-7-16(12)22-17(23)10-21-18(24)11-25-15-5-2-13(9-20)3-6-15/h2-8H,10-11H2,1H3,(H,21,24)(H,22,23). The van der Waals surface area contributed by atoms with Crippen molar-refractivity contribution in [3.8, 4) is 11.8 Å². The third-order valence-corrected chi connectivity index (χ3v) is 3.76. The molecule has 2 amide bonds. The molecule has 6 nitrogen and oxygen atoms in total. The number of carbonyl (C=O) groups excluding carboxylic acids is 2. The van der Waals surface area contributed by atoms with Crippen molar-refractivity contribution >= 4 is 33.4 Å². The van der Waals surface area contributed by atoms with Crippen LogP contribution in [0, 0.1) is 18.3 Å². The maximum absolute atomic E-state index is 11.9. The quantitative estimate of drug-likeness (QED) is 0.778. The fourth-order valence-electron chi connectivity index (χ4n) is 1.97. The van der Waals surface area contributed by atoms with Gasteiger partial charge in [0.05, 0.1) is 18.2 Å². The van der Waals surface area contributed by atoms with Gasteiger partial charge in [0.25, 0.3) is 5.91 Å². The van der Waals surface area contributed by atoms with Crippen molar-refractivity contribution in [1.82, 2.24) is 5.32 Å². The molecule has 7 heteroatoms. The zero-order valence-electron chi connectivity index (χ0n) is 13.5. The molecule has 0 aliphatic rings. The monoisotopic (exact) mass is 401 g/mol. The zero-order chi connectivity index (χ0) is 18.2. The van der Waals surface area contributed by atoms with E-state index in [4.69, 9.17) is 10.00 Å². The van der Waals surface area contributed by atoms with E-state index in [-0.39, 0.29) is 19.1 Å². The lowest BCUT2D eigenvalue weighted by Crippen LogP contribution is -2.35. The number of anilines is 1. The smallest absolute Gasteiger partial charge is 0.258 e. The first-order chi connectivity index (χ1) is 12.0. The van der Waals surface area contributed by atoms with Crippen LogP contribution < -0.4 is 15.4 Å². The Balaban J connectivity index is 1.75. The van der Waals surface area contributed by atoms with E-state index in [1.54, 1.807) is 30.3 Å². The average molecular weight is 402 g/mol. The summed E-state index contributed by atoms with van der Waals surface area (Å²) >= 11 is 3.36. The summed E-state index contributed by atoms with van der Waals surface area (Å²) < 4.78 is 6.22. The molecular weight excluding hydrogens is 386 g/mol. The minimum atomic E-state index is -0.410. The van der Waals surface area contributed by atoms with E-state index >= 15 is 0 Å². The summed E-state index contributed by atoms with van der Waals surface area (Å²) in [5, 5.41) is 13.9. The van der Waals surface area contributed by atoms with Gasteiger partial charge in [0, 0.05) is 10.2 Å². The maximum atomic E-state index is 11.9. The molecule has 2 N–H and O–H groups in total. The molecule has 0 fully saturated rings. The Morgan fingerprint density at radius 1 is 1.16 bits per heavy atom. The molecule has 0 spiro atoms. The van der Waals surface area contributed by atoms with Gasteiger partial charge in [-0.1, -0.05) is 15.9 Å². The van der Waals surface area contributed by atoms with Crippen LogP contribution in [-0.4, -0.2) is 25.0 Å². The number of amides is 2. The van der Waals surface area contributed by atoms with Crippen LogP contribution in [0.2, 0.25) is 0 Å². The minimum Gasteiger partial charge on any atom is -0.484 e. The number of hydrogen-bond acceptors (Lipinski definition) is 4. The Morgan fingerprint density at radius 3 is 2.52 bits per heavy atom. The van der Waals surface area contributed by atoms with Crippen molar-refractivity contribution in [2.24, 2.45) is 0 Å². The van der Waals surface area contributed by atoms with Crippen LogP contribution >= 0.6 is 15.9 Å². The van der Waals surface area contributed by atoms with Crippen molar-refractivity contribution in [2.45, 2.75) is 6.92 Å². The number of nitrogens with one attached hydrogen (secondary N) is 2. The van der Waals surface area contributed by atoms with Gasteiger partial charge in [0.2, 0.25) is 5.91 Å². The topological polar surface area (TPSA) is 91.2 Å². The summed E-state index contributed by atoms with van der Waals surface area (Å²) in [6, 6.07) is 13.9. The molecule has 0 aliphatic heterocycles. The molecule has 2 aromatic carbocycles. The molecule has 0 heterocycles. The predicted octanol–water partition coefficient (Wildman–Crippen LogP) is 2.76. The highest BCUT2D eigenvalue weighted by Crippen LogP contribution is 2.19. The normalized spacial score (nSPS) is 9.80. The van der Waals surface area contributed by atoms with Crippen molar-refractivity contribution < 1.29 is 14.3 Å². The van der Waals surface area contributed by atoms with Gasteiger partial charge in [-0.15, -0.1) is 0 Å². The molecule has 128 valence electrons. The van der Waals surface area contributed by atoms with Gasteiger partial charge in [-0.05, 0) is 55.0 Å². The Hall–Kier alpha value is -2.85. The Labute approximate surface area is 153 Å². The molecule has 2 aromatic rings. The van der Waals surface area contributed by atoms with Crippen molar-refractivity contribution in [2.75, 3.05) is 18.5 Å². The third-order valence-electron chi connectivity index (χ3n) is 3.26. The second-order valence-electron chi connectivity index (χ2n) is 5.21. The number of rotatable bonds is 6. The minimum absolute atomic E-state index is 0.148. The molecular formula is C18H16BrN3O3. The first-order valence-electron chi connectivity index (χ1n) is 7.43. The average Bonchev–Trinajstić information content (AvgIpc) is 2.61. The van der Waals surface area contributed by atoms with Gasteiger partial charge < -0.3 is 15.4 Å². The molecule has 0 aromatic heterocycles.